The van der Waals surface area contributed by atoms with Gasteiger partial charge in [0.05, 0.1) is 6.61 Å². The first-order valence-electron chi connectivity index (χ1n) is 8.21. The van der Waals surface area contributed by atoms with Crippen LogP contribution >= 0.6 is 11.3 Å². The van der Waals surface area contributed by atoms with Gasteiger partial charge in [0, 0.05) is 21.9 Å². The van der Waals surface area contributed by atoms with Crippen LogP contribution in [-0.2, 0) is 4.79 Å². The van der Waals surface area contributed by atoms with Crippen LogP contribution in [0.25, 0.3) is 10.1 Å². The van der Waals surface area contributed by atoms with Gasteiger partial charge in [-0.1, -0.05) is 32.9 Å². The zero-order valence-corrected chi connectivity index (χ0v) is 15.2. The van der Waals surface area contributed by atoms with E-state index in [1.807, 2.05) is 45.0 Å². The van der Waals surface area contributed by atoms with Gasteiger partial charge in [-0.15, -0.1) is 11.3 Å². The van der Waals surface area contributed by atoms with E-state index >= 15 is 0 Å². The molecular formula is C19H24O4S. The number of carboxylic acid groups (broad SMARTS) is 1. The number of benzene rings is 1. The first-order chi connectivity index (χ1) is 11.3. The number of ketones is 1. The molecule has 24 heavy (non-hydrogen) atoms. The zero-order valence-electron chi connectivity index (χ0n) is 14.4. The Morgan fingerprint density at radius 3 is 2.50 bits per heavy atom. The molecule has 2 aromatic rings. The lowest BCUT2D eigenvalue weighted by atomic mass is 9.89. The summed E-state index contributed by atoms with van der Waals surface area (Å²) in [5, 5.41) is 9.62. The van der Waals surface area contributed by atoms with Crippen molar-refractivity contribution < 1.29 is 19.4 Å². The van der Waals surface area contributed by atoms with Crippen molar-refractivity contribution in [1.29, 1.82) is 0 Å². The predicted octanol–water partition coefficient (Wildman–Crippen LogP) is 5.15. The predicted molar refractivity (Wildman–Crippen MR) is 97.2 cm³/mol. The van der Waals surface area contributed by atoms with E-state index in [9.17, 15) is 9.59 Å². The quantitative estimate of drug-likeness (QED) is 0.529. The molecular weight excluding hydrogens is 324 g/mol. The summed E-state index contributed by atoms with van der Waals surface area (Å²) in [5.41, 5.74) is -0.458. The van der Waals surface area contributed by atoms with Gasteiger partial charge in [0.2, 0.25) is 0 Å². The van der Waals surface area contributed by atoms with Gasteiger partial charge in [-0.05, 0) is 31.4 Å². The van der Waals surface area contributed by atoms with Gasteiger partial charge in [0.15, 0.2) is 5.78 Å². The van der Waals surface area contributed by atoms with Crippen LogP contribution in [0.4, 0.5) is 0 Å². The SMILES string of the molecule is CC(C)(C)C(=O)c1sc2ccccc2c1OCCCCCC(=O)O. The lowest BCUT2D eigenvalue weighted by Gasteiger charge is -2.16. The van der Waals surface area contributed by atoms with Crippen LogP contribution in [-0.4, -0.2) is 23.5 Å². The van der Waals surface area contributed by atoms with Gasteiger partial charge in [-0.2, -0.15) is 0 Å². The Hall–Kier alpha value is -1.88. The molecule has 0 bridgehead atoms. The average molecular weight is 348 g/mol. The number of thiophene rings is 1. The third-order valence-electron chi connectivity index (χ3n) is 3.72. The van der Waals surface area contributed by atoms with E-state index in [1.54, 1.807) is 0 Å². The number of Topliss-reactive ketones (excluding diaryl/α,β-unsaturated/α-hetero) is 1. The van der Waals surface area contributed by atoms with E-state index in [2.05, 4.69) is 0 Å². The van der Waals surface area contributed by atoms with Gasteiger partial charge < -0.3 is 9.84 Å². The van der Waals surface area contributed by atoms with Gasteiger partial charge in [0.1, 0.15) is 10.6 Å². The summed E-state index contributed by atoms with van der Waals surface area (Å²) >= 11 is 1.48. The Morgan fingerprint density at radius 1 is 1.12 bits per heavy atom. The standard InChI is InChI=1S/C19H24O4S/c1-19(2,3)18(22)17-16(13-9-6-7-10-14(13)24-17)23-12-8-4-5-11-15(20)21/h6-7,9-10H,4-5,8,11-12H2,1-3H3,(H,20,21). The zero-order chi connectivity index (χ0) is 17.7. The second-order valence-corrected chi connectivity index (χ2v) is 7.94. The monoisotopic (exact) mass is 348 g/mol. The minimum Gasteiger partial charge on any atom is -0.491 e. The summed E-state index contributed by atoms with van der Waals surface area (Å²) in [7, 11) is 0. The van der Waals surface area contributed by atoms with Crippen LogP contribution in [0.5, 0.6) is 5.75 Å². The molecule has 130 valence electrons. The number of aliphatic carboxylic acids is 1. The fourth-order valence-corrected chi connectivity index (χ4v) is 3.68. The van der Waals surface area contributed by atoms with E-state index in [1.165, 1.54) is 11.3 Å². The number of fused-ring (bicyclic) bond motifs is 1. The molecule has 0 saturated carbocycles. The van der Waals surface area contributed by atoms with Crippen LogP contribution in [0.2, 0.25) is 0 Å². The van der Waals surface area contributed by atoms with Crippen LogP contribution in [0.1, 0.15) is 56.1 Å². The lowest BCUT2D eigenvalue weighted by molar-refractivity contribution is -0.137. The highest BCUT2D eigenvalue weighted by molar-refractivity contribution is 7.21. The molecule has 0 spiro atoms. The first kappa shape index (κ1) is 18.5. The second-order valence-electron chi connectivity index (χ2n) is 6.89. The lowest BCUT2D eigenvalue weighted by Crippen LogP contribution is -2.19. The van der Waals surface area contributed by atoms with Crippen molar-refractivity contribution in [2.75, 3.05) is 6.61 Å². The average Bonchev–Trinajstić information content (AvgIpc) is 2.87. The Labute approximate surface area is 146 Å². The molecule has 0 aliphatic rings. The minimum atomic E-state index is -0.766. The molecule has 5 heteroatoms. The largest absolute Gasteiger partial charge is 0.491 e. The third-order valence-corrected chi connectivity index (χ3v) is 4.87. The van der Waals surface area contributed by atoms with E-state index in [0.29, 0.717) is 23.7 Å². The molecule has 1 N–H and O–H groups in total. The summed E-state index contributed by atoms with van der Waals surface area (Å²) in [6, 6.07) is 7.88. The Balaban J connectivity index is 2.12. The number of hydrogen-bond donors (Lipinski definition) is 1. The van der Waals surface area contributed by atoms with Gasteiger partial charge in [0.25, 0.3) is 0 Å². The van der Waals surface area contributed by atoms with Crippen LogP contribution < -0.4 is 4.74 Å². The fraction of sp³-hybridized carbons (Fsp3) is 0.474. The van der Waals surface area contributed by atoms with Gasteiger partial charge >= 0.3 is 5.97 Å². The van der Waals surface area contributed by atoms with E-state index in [0.717, 1.165) is 22.9 Å². The number of ether oxygens (including phenoxy) is 1. The number of hydrogen-bond acceptors (Lipinski definition) is 4. The van der Waals surface area contributed by atoms with E-state index in [-0.39, 0.29) is 12.2 Å². The molecule has 4 nitrogen and oxygen atoms in total. The van der Waals surface area contributed by atoms with Crippen molar-refractivity contribution in [3.05, 3.63) is 29.1 Å². The van der Waals surface area contributed by atoms with Crippen molar-refractivity contribution >= 4 is 33.2 Å². The number of rotatable bonds is 8. The highest BCUT2D eigenvalue weighted by atomic mass is 32.1. The number of carbonyl (C=O) groups excluding carboxylic acids is 1. The molecule has 1 aromatic heterocycles. The molecule has 0 aliphatic carbocycles. The van der Waals surface area contributed by atoms with Gasteiger partial charge in [-0.25, -0.2) is 0 Å². The molecule has 0 atom stereocenters. The van der Waals surface area contributed by atoms with E-state index < -0.39 is 11.4 Å². The Morgan fingerprint density at radius 2 is 1.83 bits per heavy atom. The molecule has 1 aromatic carbocycles. The maximum absolute atomic E-state index is 12.7. The van der Waals surface area contributed by atoms with Crippen molar-refractivity contribution in [1.82, 2.24) is 0 Å². The molecule has 0 amide bonds. The molecule has 0 aliphatic heterocycles. The van der Waals surface area contributed by atoms with E-state index in [4.69, 9.17) is 9.84 Å². The Kier molecular flexibility index (Phi) is 5.99. The molecule has 0 saturated heterocycles. The summed E-state index contributed by atoms with van der Waals surface area (Å²) in [6.07, 6.45) is 2.42. The van der Waals surface area contributed by atoms with Crippen LogP contribution in [0.15, 0.2) is 24.3 Å². The summed E-state index contributed by atoms with van der Waals surface area (Å²) in [6.45, 7) is 6.23. The van der Waals surface area contributed by atoms with Gasteiger partial charge in [-0.3, -0.25) is 9.59 Å². The number of carboxylic acids is 1. The first-order valence-corrected chi connectivity index (χ1v) is 9.03. The van der Waals surface area contributed by atoms with Crippen LogP contribution in [0.3, 0.4) is 0 Å². The normalized spacial score (nSPS) is 11.6. The Bertz CT molecular complexity index is 725. The number of carbonyl (C=O) groups is 2. The topological polar surface area (TPSA) is 63.6 Å². The minimum absolute atomic E-state index is 0.0876. The summed E-state index contributed by atoms with van der Waals surface area (Å²) < 4.78 is 7.00. The highest BCUT2D eigenvalue weighted by Crippen LogP contribution is 2.41. The molecule has 2 rings (SSSR count). The maximum Gasteiger partial charge on any atom is 0.303 e. The highest BCUT2D eigenvalue weighted by Gasteiger charge is 2.29. The summed E-state index contributed by atoms with van der Waals surface area (Å²) in [5.74, 6) is -0.00357. The smallest absolute Gasteiger partial charge is 0.303 e. The molecule has 0 fully saturated rings. The van der Waals surface area contributed by atoms with Crippen molar-refractivity contribution in [3.63, 3.8) is 0 Å². The third kappa shape index (κ3) is 4.57. The van der Waals surface area contributed by atoms with Crippen molar-refractivity contribution in [2.45, 2.75) is 46.5 Å². The number of unbranched alkanes of at least 4 members (excludes halogenated alkanes) is 2. The molecule has 0 radical (unpaired) electrons. The summed E-state index contributed by atoms with van der Waals surface area (Å²) in [4.78, 5) is 23.9. The maximum atomic E-state index is 12.7. The fourth-order valence-electron chi connectivity index (χ4n) is 2.38. The second kappa shape index (κ2) is 7.79. The van der Waals surface area contributed by atoms with Crippen molar-refractivity contribution in [2.24, 2.45) is 5.41 Å². The molecule has 1 heterocycles. The van der Waals surface area contributed by atoms with Crippen molar-refractivity contribution in [3.8, 4) is 5.75 Å². The van der Waals surface area contributed by atoms with Crippen LogP contribution in [0, 0.1) is 5.41 Å². The molecule has 0 unspecified atom stereocenters.